The summed E-state index contributed by atoms with van der Waals surface area (Å²) in [6, 6.07) is 15.6. The van der Waals surface area contributed by atoms with Crippen LogP contribution in [0.2, 0.25) is 0 Å². The topological polar surface area (TPSA) is 0 Å². The van der Waals surface area contributed by atoms with Crippen molar-refractivity contribution in [2.24, 2.45) is 5.92 Å². The molecule has 0 unspecified atom stereocenters. The van der Waals surface area contributed by atoms with E-state index in [4.69, 9.17) is 0 Å². The van der Waals surface area contributed by atoms with Crippen LogP contribution >= 0.6 is 11.3 Å². The van der Waals surface area contributed by atoms with E-state index in [-0.39, 0.29) is 0 Å². The van der Waals surface area contributed by atoms with E-state index >= 15 is 4.39 Å². The van der Waals surface area contributed by atoms with Gasteiger partial charge < -0.3 is 0 Å². The van der Waals surface area contributed by atoms with Gasteiger partial charge in [-0.15, -0.1) is 11.3 Å². The van der Waals surface area contributed by atoms with Crippen LogP contribution in [0, 0.1) is 17.6 Å². The zero-order chi connectivity index (χ0) is 20.5. The second-order valence-electron chi connectivity index (χ2n) is 9.01. The van der Waals surface area contributed by atoms with E-state index in [1.807, 2.05) is 18.2 Å². The molecule has 0 N–H and O–H groups in total. The van der Waals surface area contributed by atoms with E-state index < -0.39 is 11.6 Å². The van der Waals surface area contributed by atoms with Crippen LogP contribution in [0.1, 0.15) is 67.7 Å². The Morgan fingerprint density at radius 2 is 1.33 bits per heavy atom. The van der Waals surface area contributed by atoms with Gasteiger partial charge in [-0.2, -0.15) is 0 Å². The van der Waals surface area contributed by atoms with E-state index in [1.54, 1.807) is 23.5 Å². The maximum Gasteiger partial charge on any atom is 0.168 e. The van der Waals surface area contributed by atoms with Crippen LogP contribution in [-0.2, 0) is 6.42 Å². The van der Waals surface area contributed by atoms with E-state index in [0.29, 0.717) is 17.0 Å². The highest BCUT2D eigenvalue weighted by atomic mass is 32.1. The molecule has 0 nitrogen and oxygen atoms in total. The van der Waals surface area contributed by atoms with Crippen molar-refractivity contribution in [3.05, 3.63) is 70.6 Å². The average molecular weight is 423 g/mol. The first-order chi connectivity index (χ1) is 14.7. The van der Waals surface area contributed by atoms with Gasteiger partial charge in [-0.25, -0.2) is 8.78 Å². The monoisotopic (exact) mass is 422 g/mol. The van der Waals surface area contributed by atoms with Crippen molar-refractivity contribution in [2.45, 2.75) is 63.7 Å². The van der Waals surface area contributed by atoms with E-state index in [0.717, 1.165) is 22.8 Å². The number of hydrogen-bond acceptors (Lipinski definition) is 1. The zero-order valence-corrected chi connectivity index (χ0v) is 18.1. The van der Waals surface area contributed by atoms with Crippen LogP contribution in [0.25, 0.3) is 21.6 Å². The van der Waals surface area contributed by atoms with Crippen molar-refractivity contribution in [1.82, 2.24) is 0 Å². The molecule has 1 aromatic heterocycles. The third-order valence-electron chi connectivity index (χ3n) is 7.02. The lowest BCUT2D eigenvalue weighted by Crippen LogP contribution is -1.96. The van der Waals surface area contributed by atoms with Gasteiger partial charge >= 0.3 is 0 Å². The summed E-state index contributed by atoms with van der Waals surface area (Å²) >= 11 is 1.61. The molecular formula is C27H28F2S. The van der Waals surface area contributed by atoms with Crippen LogP contribution < -0.4 is 0 Å². The Bertz CT molecular complexity index is 1010. The molecule has 2 saturated carbocycles. The first kappa shape index (κ1) is 19.9. The molecule has 156 valence electrons. The van der Waals surface area contributed by atoms with Crippen LogP contribution in [-0.4, -0.2) is 0 Å². The molecule has 30 heavy (non-hydrogen) atoms. The van der Waals surface area contributed by atoms with Gasteiger partial charge in [-0.05, 0) is 60.4 Å². The highest BCUT2D eigenvalue weighted by Gasteiger charge is 2.20. The summed E-state index contributed by atoms with van der Waals surface area (Å²) in [5.41, 5.74) is 2.79. The largest absolute Gasteiger partial charge is 0.203 e. The number of hydrogen-bond donors (Lipinski definition) is 0. The van der Waals surface area contributed by atoms with Crippen molar-refractivity contribution >= 4 is 11.3 Å². The first-order valence-electron chi connectivity index (χ1n) is 11.4. The fourth-order valence-corrected chi connectivity index (χ4v) is 6.43. The molecule has 0 amide bonds. The summed E-state index contributed by atoms with van der Waals surface area (Å²) in [5, 5.41) is 0. The minimum absolute atomic E-state index is 0.344. The lowest BCUT2D eigenvalue weighted by molar-refractivity contribution is 0.514. The predicted octanol–water partition coefficient (Wildman–Crippen LogP) is 8.75. The molecule has 0 saturated heterocycles. The summed E-state index contributed by atoms with van der Waals surface area (Å²) in [6.45, 7) is 0. The molecule has 3 aromatic rings. The van der Waals surface area contributed by atoms with Crippen LogP contribution in [0.4, 0.5) is 8.78 Å². The highest BCUT2D eigenvalue weighted by Crippen LogP contribution is 2.38. The molecule has 0 atom stereocenters. The van der Waals surface area contributed by atoms with E-state index in [2.05, 4.69) is 18.2 Å². The summed E-state index contributed by atoms with van der Waals surface area (Å²) in [5.74, 6) is -0.0959. The van der Waals surface area contributed by atoms with Gasteiger partial charge in [-0.1, -0.05) is 68.9 Å². The first-order valence-corrected chi connectivity index (χ1v) is 12.2. The SMILES string of the molecule is Fc1c(-c2ccc(C3CCCC3)cc2)ccc(-c2ccc(CC3CCCC3)s2)c1F. The van der Waals surface area contributed by atoms with Gasteiger partial charge in [0.15, 0.2) is 11.6 Å². The third-order valence-corrected chi connectivity index (χ3v) is 8.16. The Labute approximate surface area is 182 Å². The van der Waals surface area contributed by atoms with Crippen LogP contribution in [0.5, 0.6) is 0 Å². The quantitative estimate of drug-likeness (QED) is 0.385. The molecule has 1 heterocycles. The maximum atomic E-state index is 15.0. The van der Waals surface area contributed by atoms with Crippen molar-refractivity contribution < 1.29 is 8.78 Å². The summed E-state index contributed by atoms with van der Waals surface area (Å²) in [7, 11) is 0. The smallest absolute Gasteiger partial charge is 0.168 e. The average Bonchev–Trinajstić information content (AvgIpc) is 3.54. The number of benzene rings is 2. The van der Waals surface area contributed by atoms with Gasteiger partial charge in [0.05, 0.1) is 0 Å². The highest BCUT2D eigenvalue weighted by molar-refractivity contribution is 7.15. The molecule has 5 rings (SSSR count). The second kappa shape index (κ2) is 8.63. The van der Waals surface area contributed by atoms with Crippen molar-refractivity contribution in [2.75, 3.05) is 0 Å². The van der Waals surface area contributed by atoms with Crippen molar-refractivity contribution in [1.29, 1.82) is 0 Å². The summed E-state index contributed by atoms with van der Waals surface area (Å²) in [4.78, 5) is 2.10. The molecule has 3 heteroatoms. The molecule has 2 aliphatic carbocycles. The Balaban J connectivity index is 1.38. The minimum Gasteiger partial charge on any atom is -0.203 e. The summed E-state index contributed by atoms with van der Waals surface area (Å²) in [6.07, 6.45) is 11.4. The zero-order valence-electron chi connectivity index (χ0n) is 17.3. The molecule has 2 fully saturated rings. The molecular weight excluding hydrogens is 394 g/mol. The minimum atomic E-state index is -0.744. The lowest BCUT2D eigenvalue weighted by atomic mass is 9.94. The van der Waals surface area contributed by atoms with E-state index in [1.165, 1.54) is 61.8 Å². The maximum absolute atomic E-state index is 15.0. The Hall–Kier alpha value is -2.00. The van der Waals surface area contributed by atoms with Gasteiger partial charge in [0.25, 0.3) is 0 Å². The van der Waals surface area contributed by atoms with Crippen molar-refractivity contribution in [3.8, 4) is 21.6 Å². The van der Waals surface area contributed by atoms with Crippen LogP contribution in [0.3, 0.4) is 0 Å². The Kier molecular flexibility index (Phi) is 5.73. The van der Waals surface area contributed by atoms with Gasteiger partial charge in [0.1, 0.15) is 0 Å². The standard InChI is InChI=1S/C27H28F2S/c28-26-23(21-11-9-20(10-12-21)19-7-3-4-8-19)14-15-24(27(26)29)25-16-13-22(30-25)17-18-5-1-2-6-18/h9-16,18-19H,1-8,17H2. The van der Waals surface area contributed by atoms with Gasteiger partial charge in [0, 0.05) is 20.9 Å². The number of halogens is 2. The molecule has 0 bridgehead atoms. The molecule has 2 aromatic carbocycles. The van der Waals surface area contributed by atoms with E-state index in [9.17, 15) is 4.39 Å². The van der Waals surface area contributed by atoms with Crippen LogP contribution in [0.15, 0.2) is 48.5 Å². The fraction of sp³-hybridized carbons (Fsp3) is 0.407. The molecule has 0 spiro atoms. The molecule has 0 radical (unpaired) electrons. The second-order valence-corrected chi connectivity index (χ2v) is 10.2. The van der Waals surface area contributed by atoms with Crippen molar-refractivity contribution in [3.63, 3.8) is 0 Å². The molecule has 0 aliphatic heterocycles. The fourth-order valence-electron chi connectivity index (χ4n) is 5.29. The predicted molar refractivity (Wildman–Crippen MR) is 122 cm³/mol. The number of rotatable bonds is 5. The Morgan fingerprint density at radius 3 is 2.07 bits per heavy atom. The summed E-state index contributed by atoms with van der Waals surface area (Å²) < 4.78 is 30.0. The third kappa shape index (κ3) is 3.97. The molecule has 2 aliphatic rings. The lowest BCUT2D eigenvalue weighted by Gasteiger charge is -2.12. The normalized spacial score (nSPS) is 17.8. The van der Waals surface area contributed by atoms with Gasteiger partial charge in [-0.3, -0.25) is 0 Å². The number of thiophene rings is 1. The Morgan fingerprint density at radius 1 is 0.700 bits per heavy atom. The van der Waals surface area contributed by atoms with Gasteiger partial charge in [0.2, 0.25) is 0 Å².